The Balaban J connectivity index is 1.42. The number of hydrogen-bond acceptors (Lipinski definition) is 6. The van der Waals surface area contributed by atoms with Gasteiger partial charge in [-0.1, -0.05) is 36.4 Å². The maximum absolute atomic E-state index is 13.4. The molecular weight excluding hydrogens is 418 g/mol. The highest BCUT2D eigenvalue weighted by Gasteiger charge is 2.27. The van der Waals surface area contributed by atoms with Gasteiger partial charge < -0.3 is 19.1 Å². The summed E-state index contributed by atoms with van der Waals surface area (Å²) in [5, 5.41) is 0.874. The fourth-order valence-corrected chi connectivity index (χ4v) is 4.57. The standard InChI is InChI=1S/C26H29N3O4/c1-31-24-9-5-2-6-19(24)17-28-10-15-33-25(18-28)23-16-21(20-7-3-4-8-22(20)27-23)26(30)29-11-13-32-14-12-29/h2-9,16,25H,10-15,17-18H2,1H3/t25-/m0/s1. The average molecular weight is 448 g/mol. The molecule has 2 aliphatic heterocycles. The zero-order valence-electron chi connectivity index (χ0n) is 18.9. The van der Waals surface area contributed by atoms with Gasteiger partial charge in [0.15, 0.2) is 0 Å². The average Bonchev–Trinajstić information content (AvgIpc) is 2.88. The van der Waals surface area contributed by atoms with Gasteiger partial charge in [0.25, 0.3) is 5.91 Å². The second-order valence-electron chi connectivity index (χ2n) is 8.42. The Morgan fingerprint density at radius 2 is 1.85 bits per heavy atom. The lowest BCUT2D eigenvalue weighted by molar-refractivity contribution is -0.0350. The van der Waals surface area contributed by atoms with Crippen LogP contribution in [0.15, 0.2) is 54.6 Å². The van der Waals surface area contributed by atoms with E-state index >= 15 is 0 Å². The van der Waals surface area contributed by atoms with E-state index in [4.69, 9.17) is 19.2 Å². The van der Waals surface area contributed by atoms with Crippen LogP contribution in [0.25, 0.3) is 10.9 Å². The number of carbonyl (C=O) groups is 1. The fourth-order valence-electron chi connectivity index (χ4n) is 4.57. The van der Waals surface area contributed by atoms with Crippen LogP contribution >= 0.6 is 0 Å². The summed E-state index contributed by atoms with van der Waals surface area (Å²) in [5.41, 5.74) is 3.45. The fraction of sp³-hybridized carbons (Fsp3) is 0.385. The quantitative estimate of drug-likeness (QED) is 0.598. The number of hydrogen-bond donors (Lipinski definition) is 0. The van der Waals surface area contributed by atoms with Crippen LogP contribution in [0.2, 0.25) is 0 Å². The van der Waals surface area contributed by atoms with Crippen molar-refractivity contribution in [2.24, 2.45) is 0 Å². The van der Waals surface area contributed by atoms with Crippen LogP contribution in [0.1, 0.15) is 27.7 Å². The number of benzene rings is 2. The molecule has 0 bridgehead atoms. The molecule has 2 aliphatic rings. The molecule has 1 atom stereocenters. The molecule has 0 radical (unpaired) electrons. The number of carbonyl (C=O) groups excluding carboxylic acids is 1. The monoisotopic (exact) mass is 447 g/mol. The Morgan fingerprint density at radius 3 is 2.70 bits per heavy atom. The summed E-state index contributed by atoms with van der Waals surface area (Å²) in [6, 6.07) is 17.9. The van der Waals surface area contributed by atoms with Crippen molar-refractivity contribution in [3.63, 3.8) is 0 Å². The molecule has 7 nitrogen and oxygen atoms in total. The molecule has 0 saturated carbocycles. The Kier molecular flexibility index (Phi) is 6.53. The van der Waals surface area contributed by atoms with Crippen molar-refractivity contribution in [3.05, 3.63) is 71.4 Å². The molecule has 2 fully saturated rings. The molecule has 0 unspecified atom stereocenters. The van der Waals surface area contributed by atoms with Crippen LogP contribution in [0.4, 0.5) is 0 Å². The van der Waals surface area contributed by atoms with Crippen LogP contribution in [0, 0.1) is 0 Å². The highest BCUT2D eigenvalue weighted by Crippen LogP contribution is 2.28. The van der Waals surface area contributed by atoms with Crippen molar-refractivity contribution in [3.8, 4) is 5.75 Å². The second kappa shape index (κ2) is 9.87. The first-order chi connectivity index (χ1) is 16.2. The van der Waals surface area contributed by atoms with Gasteiger partial charge in [-0.15, -0.1) is 0 Å². The van der Waals surface area contributed by atoms with E-state index in [0.717, 1.165) is 41.0 Å². The molecule has 2 aromatic carbocycles. The molecule has 1 amide bonds. The first-order valence-corrected chi connectivity index (χ1v) is 11.5. The Hall–Kier alpha value is -3.00. The third-order valence-electron chi connectivity index (χ3n) is 6.33. The molecule has 2 saturated heterocycles. The predicted octanol–water partition coefficient (Wildman–Crippen LogP) is 3.29. The van der Waals surface area contributed by atoms with Crippen molar-refractivity contribution in [1.82, 2.24) is 14.8 Å². The van der Waals surface area contributed by atoms with Gasteiger partial charge in [-0.05, 0) is 18.2 Å². The van der Waals surface area contributed by atoms with Gasteiger partial charge in [0.2, 0.25) is 0 Å². The van der Waals surface area contributed by atoms with Crippen molar-refractivity contribution >= 4 is 16.8 Å². The molecular formula is C26H29N3O4. The highest BCUT2D eigenvalue weighted by molar-refractivity contribution is 6.06. The molecule has 7 heteroatoms. The molecule has 33 heavy (non-hydrogen) atoms. The predicted molar refractivity (Wildman–Crippen MR) is 125 cm³/mol. The van der Waals surface area contributed by atoms with Crippen molar-refractivity contribution in [1.29, 1.82) is 0 Å². The summed E-state index contributed by atoms with van der Waals surface area (Å²) in [5.74, 6) is 0.919. The molecule has 3 aromatic rings. The topological polar surface area (TPSA) is 64.1 Å². The maximum Gasteiger partial charge on any atom is 0.254 e. The first kappa shape index (κ1) is 21.8. The second-order valence-corrected chi connectivity index (χ2v) is 8.42. The third-order valence-corrected chi connectivity index (χ3v) is 6.33. The van der Waals surface area contributed by atoms with E-state index in [1.165, 1.54) is 0 Å². The van der Waals surface area contributed by atoms with Gasteiger partial charge in [-0.2, -0.15) is 0 Å². The molecule has 1 aromatic heterocycles. The van der Waals surface area contributed by atoms with Crippen molar-refractivity contribution < 1.29 is 19.0 Å². The number of methoxy groups -OCH3 is 1. The Labute approximate surface area is 193 Å². The molecule has 172 valence electrons. The van der Waals surface area contributed by atoms with Crippen LogP contribution in [-0.4, -0.2) is 73.8 Å². The number of para-hydroxylation sites is 2. The number of fused-ring (bicyclic) bond motifs is 1. The normalized spacial score (nSPS) is 19.5. The van der Waals surface area contributed by atoms with Gasteiger partial charge in [-0.25, -0.2) is 4.98 Å². The smallest absolute Gasteiger partial charge is 0.254 e. The molecule has 0 N–H and O–H groups in total. The SMILES string of the molecule is COc1ccccc1CN1CCO[C@H](c2cc(C(=O)N3CCOCC3)c3ccccc3n2)C1. The Morgan fingerprint density at radius 1 is 1.06 bits per heavy atom. The summed E-state index contributed by atoms with van der Waals surface area (Å²) < 4.78 is 17.1. The molecule has 0 aliphatic carbocycles. The lowest BCUT2D eigenvalue weighted by Gasteiger charge is -2.33. The summed E-state index contributed by atoms with van der Waals surface area (Å²) in [4.78, 5) is 22.5. The van der Waals surface area contributed by atoms with E-state index in [2.05, 4.69) is 11.0 Å². The number of ether oxygens (including phenoxy) is 3. The van der Waals surface area contributed by atoms with Crippen molar-refractivity contribution in [2.75, 3.05) is 53.1 Å². The summed E-state index contributed by atoms with van der Waals surface area (Å²) in [7, 11) is 1.70. The number of pyridine rings is 1. The number of nitrogens with zero attached hydrogens (tertiary/aromatic N) is 3. The van der Waals surface area contributed by atoms with Crippen LogP contribution < -0.4 is 4.74 Å². The van der Waals surface area contributed by atoms with E-state index < -0.39 is 0 Å². The number of morpholine rings is 2. The van der Waals surface area contributed by atoms with E-state index in [1.54, 1.807) is 7.11 Å². The number of rotatable bonds is 5. The van der Waals surface area contributed by atoms with Crippen LogP contribution in [0.3, 0.4) is 0 Å². The third kappa shape index (κ3) is 4.71. The van der Waals surface area contributed by atoms with Crippen LogP contribution in [-0.2, 0) is 16.0 Å². The minimum absolute atomic E-state index is 0.0276. The highest BCUT2D eigenvalue weighted by atomic mass is 16.5. The Bertz CT molecular complexity index is 1130. The number of aromatic nitrogens is 1. The summed E-state index contributed by atoms with van der Waals surface area (Å²) >= 11 is 0. The lowest BCUT2D eigenvalue weighted by atomic mass is 10.0. The largest absolute Gasteiger partial charge is 0.496 e. The first-order valence-electron chi connectivity index (χ1n) is 11.5. The zero-order chi connectivity index (χ0) is 22.6. The summed E-state index contributed by atoms with van der Waals surface area (Å²) in [6.07, 6.45) is -0.200. The van der Waals surface area contributed by atoms with E-state index in [9.17, 15) is 4.79 Å². The van der Waals surface area contributed by atoms with E-state index in [1.807, 2.05) is 53.4 Å². The minimum Gasteiger partial charge on any atom is -0.496 e. The van der Waals surface area contributed by atoms with Crippen LogP contribution in [0.5, 0.6) is 5.75 Å². The van der Waals surface area contributed by atoms with E-state index in [-0.39, 0.29) is 12.0 Å². The molecule has 0 spiro atoms. The van der Waals surface area contributed by atoms with Crippen molar-refractivity contribution in [2.45, 2.75) is 12.6 Å². The summed E-state index contributed by atoms with van der Waals surface area (Å²) in [6.45, 7) is 5.29. The zero-order valence-corrected chi connectivity index (χ0v) is 18.9. The van der Waals surface area contributed by atoms with Gasteiger partial charge >= 0.3 is 0 Å². The molecule has 3 heterocycles. The molecule has 5 rings (SSSR count). The maximum atomic E-state index is 13.4. The lowest BCUT2D eigenvalue weighted by Crippen LogP contribution is -2.41. The van der Waals surface area contributed by atoms with Gasteiger partial charge in [0, 0.05) is 43.7 Å². The minimum atomic E-state index is -0.200. The van der Waals surface area contributed by atoms with Gasteiger partial charge in [0.1, 0.15) is 11.9 Å². The number of amides is 1. The van der Waals surface area contributed by atoms with E-state index in [0.29, 0.717) is 45.0 Å². The van der Waals surface area contributed by atoms with Gasteiger partial charge in [0.05, 0.1) is 43.7 Å². The van der Waals surface area contributed by atoms with Gasteiger partial charge in [-0.3, -0.25) is 9.69 Å².